The number of nitrogens with one attached hydrogen (secondary N) is 3. The van der Waals surface area contributed by atoms with Crippen LogP contribution in [0.3, 0.4) is 0 Å². The summed E-state index contributed by atoms with van der Waals surface area (Å²) in [7, 11) is 0. The number of rotatable bonds is 10. The fourth-order valence-electron chi connectivity index (χ4n) is 3.84. The number of nitro benzene ring substituents is 1. The summed E-state index contributed by atoms with van der Waals surface area (Å²) >= 11 is 1.30. The molecule has 42 heavy (non-hydrogen) atoms. The molecule has 0 saturated carbocycles. The van der Waals surface area contributed by atoms with Crippen molar-refractivity contribution in [1.29, 1.82) is 0 Å². The lowest BCUT2D eigenvalue weighted by atomic mass is 10.1. The molecule has 0 aliphatic heterocycles. The van der Waals surface area contributed by atoms with Crippen LogP contribution in [0.25, 0.3) is 6.08 Å². The molecule has 0 saturated heterocycles. The van der Waals surface area contributed by atoms with E-state index in [2.05, 4.69) is 16.0 Å². The number of carbonyl (C=O) groups is 3. The Labute approximate surface area is 247 Å². The standard InChI is InChI=1S/C32H28N4O5S/c1-21-8-10-23(11-9-21)19-29(35-31(38)24-6-4-3-5-7-24)32(39)33-25-12-15-27(16-13-25)42-20-30(37)34-28-17-14-26(36(40)41)18-22(28)2/h3-19H,20H2,1-2H3,(H,33,39)(H,34,37)(H,35,38)/b29-19-. The minimum Gasteiger partial charge on any atom is -0.325 e. The molecule has 0 radical (unpaired) electrons. The number of non-ortho nitro benzene ring substituents is 1. The molecule has 0 aromatic heterocycles. The van der Waals surface area contributed by atoms with Gasteiger partial charge < -0.3 is 16.0 Å². The number of thioether (sulfide) groups is 1. The number of hydrogen-bond acceptors (Lipinski definition) is 6. The first-order valence-electron chi connectivity index (χ1n) is 12.9. The smallest absolute Gasteiger partial charge is 0.272 e. The lowest BCUT2D eigenvalue weighted by Crippen LogP contribution is -2.30. The highest BCUT2D eigenvalue weighted by Gasteiger charge is 2.16. The average molecular weight is 581 g/mol. The third kappa shape index (κ3) is 8.39. The van der Waals surface area contributed by atoms with Crippen LogP contribution in [0.5, 0.6) is 0 Å². The molecule has 4 aromatic carbocycles. The molecule has 0 aliphatic rings. The van der Waals surface area contributed by atoms with Gasteiger partial charge in [0.2, 0.25) is 5.91 Å². The van der Waals surface area contributed by atoms with Crippen molar-refractivity contribution in [3.05, 3.63) is 135 Å². The summed E-state index contributed by atoms with van der Waals surface area (Å²) in [6.45, 7) is 3.66. The van der Waals surface area contributed by atoms with Crippen LogP contribution < -0.4 is 16.0 Å². The molecule has 9 nitrogen and oxygen atoms in total. The second kappa shape index (κ2) is 13.9. The van der Waals surface area contributed by atoms with Crippen LogP contribution in [-0.2, 0) is 9.59 Å². The van der Waals surface area contributed by atoms with E-state index in [0.29, 0.717) is 22.5 Å². The maximum atomic E-state index is 13.2. The van der Waals surface area contributed by atoms with Gasteiger partial charge in [0.05, 0.1) is 10.7 Å². The van der Waals surface area contributed by atoms with Crippen LogP contribution in [0, 0.1) is 24.0 Å². The van der Waals surface area contributed by atoms with Crippen LogP contribution in [0.2, 0.25) is 0 Å². The highest BCUT2D eigenvalue weighted by atomic mass is 32.2. The van der Waals surface area contributed by atoms with Gasteiger partial charge in [0.1, 0.15) is 5.70 Å². The molecule has 3 amide bonds. The molecule has 0 unspecified atom stereocenters. The van der Waals surface area contributed by atoms with E-state index in [0.717, 1.165) is 16.0 Å². The molecular weight excluding hydrogens is 552 g/mol. The lowest BCUT2D eigenvalue weighted by Gasteiger charge is -2.12. The normalized spacial score (nSPS) is 11.0. The quantitative estimate of drug-likeness (QED) is 0.0867. The van der Waals surface area contributed by atoms with E-state index in [1.54, 1.807) is 67.6 Å². The number of carbonyl (C=O) groups excluding carboxylic acids is 3. The van der Waals surface area contributed by atoms with Gasteiger partial charge in [-0.2, -0.15) is 0 Å². The fraction of sp³-hybridized carbons (Fsp3) is 0.0938. The Morgan fingerprint density at radius 2 is 1.55 bits per heavy atom. The summed E-state index contributed by atoms with van der Waals surface area (Å²) < 4.78 is 0. The number of benzene rings is 4. The molecule has 4 aromatic rings. The van der Waals surface area contributed by atoms with Crippen LogP contribution in [0.15, 0.2) is 108 Å². The number of amides is 3. The first-order chi connectivity index (χ1) is 20.2. The Bertz CT molecular complexity index is 1640. The Kier molecular flexibility index (Phi) is 9.85. The van der Waals surface area contributed by atoms with E-state index >= 15 is 0 Å². The SMILES string of the molecule is Cc1ccc(/C=C(\NC(=O)c2ccccc2)C(=O)Nc2ccc(SCC(=O)Nc3ccc([N+](=O)[O-])cc3C)cc2)cc1. The summed E-state index contributed by atoms with van der Waals surface area (Å²) in [6.07, 6.45) is 1.62. The second-order valence-electron chi connectivity index (χ2n) is 9.36. The van der Waals surface area contributed by atoms with Crippen molar-refractivity contribution in [2.24, 2.45) is 0 Å². The van der Waals surface area contributed by atoms with E-state index in [9.17, 15) is 24.5 Å². The Morgan fingerprint density at radius 1 is 0.857 bits per heavy atom. The number of anilines is 2. The maximum absolute atomic E-state index is 13.2. The van der Waals surface area contributed by atoms with Gasteiger partial charge in [-0.1, -0.05) is 48.0 Å². The van der Waals surface area contributed by atoms with E-state index in [4.69, 9.17) is 0 Å². The Morgan fingerprint density at radius 3 is 2.19 bits per heavy atom. The first kappa shape index (κ1) is 29.8. The minimum absolute atomic E-state index is 0.0385. The topological polar surface area (TPSA) is 130 Å². The first-order valence-corrected chi connectivity index (χ1v) is 13.9. The summed E-state index contributed by atoms with van der Waals surface area (Å²) in [5.41, 5.74) is 3.93. The molecule has 0 aliphatic carbocycles. The molecular formula is C32H28N4O5S. The fourth-order valence-corrected chi connectivity index (χ4v) is 4.54. The van der Waals surface area contributed by atoms with Gasteiger partial charge in [-0.15, -0.1) is 11.8 Å². The van der Waals surface area contributed by atoms with Crippen LogP contribution >= 0.6 is 11.8 Å². The molecule has 212 valence electrons. The van der Waals surface area contributed by atoms with E-state index in [1.165, 1.54) is 30.0 Å². The van der Waals surface area contributed by atoms with Crippen LogP contribution in [0.4, 0.5) is 17.1 Å². The zero-order valence-electron chi connectivity index (χ0n) is 22.9. The molecule has 0 heterocycles. The van der Waals surface area contributed by atoms with Gasteiger partial charge >= 0.3 is 0 Å². The Balaban J connectivity index is 1.38. The third-order valence-electron chi connectivity index (χ3n) is 6.09. The van der Waals surface area contributed by atoms with Crippen molar-refractivity contribution in [3.8, 4) is 0 Å². The molecule has 0 atom stereocenters. The third-order valence-corrected chi connectivity index (χ3v) is 7.11. The molecule has 3 N–H and O–H groups in total. The summed E-state index contributed by atoms with van der Waals surface area (Å²) in [6, 6.07) is 27.4. The number of nitro groups is 1. The van der Waals surface area contributed by atoms with Gasteiger partial charge in [0, 0.05) is 34.0 Å². The predicted molar refractivity (Wildman–Crippen MR) is 165 cm³/mol. The summed E-state index contributed by atoms with van der Waals surface area (Å²) in [5, 5.41) is 19.2. The van der Waals surface area contributed by atoms with Gasteiger partial charge in [-0.05, 0) is 73.5 Å². The Hall–Kier alpha value is -5.22. The largest absolute Gasteiger partial charge is 0.325 e. The second-order valence-corrected chi connectivity index (χ2v) is 10.4. The summed E-state index contributed by atoms with van der Waals surface area (Å²) in [5.74, 6) is -1.03. The number of aryl methyl sites for hydroxylation is 2. The van der Waals surface area contributed by atoms with Gasteiger partial charge in [0.15, 0.2) is 0 Å². The zero-order chi connectivity index (χ0) is 30.1. The highest BCUT2D eigenvalue weighted by molar-refractivity contribution is 8.00. The highest BCUT2D eigenvalue weighted by Crippen LogP contribution is 2.24. The molecule has 4 rings (SSSR count). The van der Waals surface area contributed by atoms with Crippen molar-refractivity contribution in [2.45, 2.75) is 18.7 Å². The molecule has 0 fully saturated rings. The average Bonchev–Trinajstić information content (AvgIpc) is 2.99. The lowest BCUT2D eigenvalue weighted by molar-refractivity contribution is -0.384. The van der Waals surface area contributed by atoms with Crippen molar-refractivity contribution in [2.75, 3.05) is 16.4 Å². The zero-order valence-corrected chi connectivity index (χ0v) is 23.7. The van der Waals surface area contributed by atoms with E-state index < -0.39 is 16.7 Å². The van der Waals surface area contributed by atoms with Crippen molar-refractivity contribution >= 4 is 52.6 Å². The predicted octanol–water partition coefficient (Wildman–Crippen LogP) is 6.35. The van der Waals surface area contributed by atoms with E-state index in [-0.39, 0.29) is 23.0 Å². The van der Waals surface area contributed by atoms with Crippen LogP contribution in [-0.4, -0.2) is 28.4 Å². The monoisotopic (exact) mass is 580 g/mol. The molecule has 0 spiro atoms. The van der Waals surface area contributed by atoms with Gasteiger partial charge in [-0.25, -0.2) is 0 Å². The van der Waals surface area contributed by atoms with Gasteiger partial charge in [-0.3, -0.25) is 24.5 Å². The number of hydrogen-bond donors (Lipinski definition) is 3. The van der Waals surface area contributed by atoms with Crippen molar-refractivity contribution in [3.63, 3.8) is 0 Å². The minimum atomic E-state index is -0.488. The molecule has 10 heteroatoms. The summed E-state index contributed by atoms with van der Waals surface area (Å²) in [4.78, 5) is 49.7. The maximum Gasteiger partial charge on any atom is 0.272 e. The molecule has 0 bridgehead atoms. The van der Waals surface area contributed by atoms with Crippen molar-refractivity contribution in [1.82, 2.24) is 5.32 Å². The number of nitrogens with zero attached hydrogens (tertiary/aromatic N) is 1. The van der Waals surface area contributed by atoms with Gasteiger partial charge in [0.25, 0.3) is 17.5 Å². The van der Waals surface area contributed by atoms with Crippen molar-refractivity contribution < 1.29 is 19.3 Å². The van der Waals surface area contributed by atoms with Crippen LogP contribution in [0.1, 0.15) is 27.0 Å². The van der Waals surface area contributed by atoms with E-state index in [1.807, 2.05) is 31.2 Å².